The first-order valence-electron chi connectivity index (χ1n) is 3.48. The third-order valence-electron chi connectivity index (χ3n) is 0.996. The molecule has 0 bridgehead atoms. The molecule has 0 aliphatic rings. The maximum Gasteiger partial charge on any atom is 0.325 e. The molecular weight excluding hydrogens is 144 g/mol. The molecule has 64 valence electrons. The Balaban J connectivity index is 3.57. The fraction of sp³-hybridized carbons (Fsp3) is 0.714. The highest BCUT2D eigenvalue weighted by atomic mass is 16.5. The normalized spacial score (nSPS) is 10.1. The van der Waals surface area contributed by atoms with Crippen LogP contribution in [-0.2, 0) is 9.53 Å². The van der Waals surface area contributed by atoms with E-state index in [9.17, 15) is 4.79 Å². The highest BCUT2D eigenvalue weighted by Crippen LogP contribution is 1.81. The van der Waals surface area contributed by atoms with Crippen LogP contribution in [0.4, 0.5) is 0 Å². The first kappa shape index (κ1) is 9.94. The molecule has 0 aliphatic heterocycles. The molecule has 4 heteroatoms. The lowest BCUT2D eigenvalue weighted by Crippen LogP contribution is -2.26. The van der Waals surface area contributed by atoms with Crippen LogP contribution in [0.5, 0.6) is 0 Å². The minimum absolute atomic E-state index is 0.227. The van der Waals surface area contributed by atoms with Gasteiger partial charge in [0.05, 0.1) is 12.9 Å². The van der Waals surface area contributed by atoms with Crippen molar-refractivity contribution >= 4 is 12.3 Å². The molecule has 4 nitrogen and oxygen atoms in total. The zero-order chi connectivity index (χ0) is 8.69. The lowest BCUT2D eigenvalue weighted by atomic mass is 10.6. The molecule has 0 saturated heterocycles. The topological polar surface area (TPSA) is 41.9 Å². The highest BCUT2D eigenvalue weighted by molar-refractivity contribution is 5.74. The van der Waals surface area contributed by atoms with Gasteiger partial charge in [-0.2, -0.15) is 0 Å². The second-order valence-corrected chi connectivity index (χ2v) is 2.09. The van der Waals surface area contributed by atoms with Crippen LogP contribution in [0.1, 0.15) is 6.92 Å². The molecule has 0 heterocycles. The second kappa shape index (κ2) is 5.70. The number of carbonyl (C=O) groups excluding carboxylic acids is 1. The fourth-order valence-electron chi connectivity index (χ4n) is 0.648. The highest BCUT2D eigenvalue weighted by Gasteiger charge is 2.02. The Bertz CT molecular complexity index is 145. The van der Waals surface area contributed by atoms with Crippen LogP contribution in [0.25, 0.3) is 0 Å². The van der Waals surface area contributed by atoms with Crippen LogP contribution in [-0.4, -0.2) is 44.5 Å². The number of carbonyl (C=O) groups is 1. The standard InChI is InChI=1S/C7H14N2O2/c1-4-11-7(10)5-9(3)6-8-2/h6H,4-5H2,1-3H3/b8-6+. The van der Waals surface area contributed by atoms with Crippen LogP contribution in [0.2, 0.25) is 0 Å². The van der Waals surface area contributed by atoms with E-state index in [1.807, 2.05) is 0 Å². The molecule has 0 aromatic heterocycles. The van der Waals surface area contributed by atoms with Crippen molar-refractivity contribution in [1.29, 1.82) is 0 Å². The predicted molar refractivity (Wildman–Crippen MR) is 43.7 cm³/mol. The van der Waals surface area contributed by atoms with Gasteiger partial charge < -0.3 is 9.64 Å². The lowest BCUT2D eigenvalue weighted by molar-refractivity contribution is -0.143. The number of aliphatic imine (C=N–C) groups is 1. The van der Waals surface area contributed by atoms with E-state index in [2.05, 4.69) is 4.99 Å². The van der Waals surface area contributed by atoms with Crippen molar-refractivity contribution in [3.63, 3.8) is 0 Å². The van der Waals surface area contributed by atoms with Crippen molar-refractivity contribution in [1.82, 2.24) is 4.90 Å². The van der Waals surface area contributed by atoms with E-state index in [0.717, 1.165) is 0 Å². The van der Waals surface area contributed by atoms with E-state index >= 15 is 0 Å². The minimum Gasteiger partial charge on any atom is -0.465 e. The average Bonchev–Trinajstić information content (AvgIpc) is 1.87. The Morgan fingerprint density at radius 2 is 2.36 bits per heavy atom. The van der Waals surface area contributed by atoms with Crippen LogP contribution in [0.3, 0.4) is 0 Å². The monoisotopic (exact) mass is 158 g/mol. The minimum atomic E-state index is -0.227. The van der Waals surface area contributed by atoms with E-state index in [0.29, 0.717) is 6.61 Å². The largest absolute Gasteiger partial charge is 0.465 e. The van der Waals surface area contributed by atoms with E-state index < -0.39 is 0 Å². The van der Waals surface area contributed by atoms with Crippen molar-refractivity contribution in [3.05, 3.63) is 0 Å². The molecule has 0 fully saturated rings. The SMILES string of the molecule is CCOC(=O)CN(C)/C=N/C. The molecule has 0 aliphatic carbocycles. The van der Waals surface area contributed by atoms with E-state index in [-0.39, 0.29) is 12.5 Å². The van der Waals surface area contributed by atoms with Gasteiger partial charge in [-0.3, -0.25) is 9.79 Å². The van der Waals surface area contributed by atoms with E-state index in [1.54, 1.807) is 32.3 Å². The molecule has 0 saturated carbocycles. The van der Waals surface area contributed by atoms with Gasteiger partial charge in [0.2, 0.25) is 0 Å². The van der Waals surface area contributed by atoms with Crippen LogP contribution < -0.4 is 0 Å². The number of likely N-dealkylation sites (N-methyl/N-ethyl adjacent to an activating group) is 1. The molecule has 0 amide bonds. The van der Waals surface area contributed by atoms with Crippen molar-refractivity contribution < 1.29 is 9.53 Å². The fourth-order valence-corrected chi connectivity index (χ4v) is 0.648. The maximum absolute atomic E-state index is 10.8. The second-order valence-electron chi connectivity index (χ2n) is 2.09. The summed E-state index contributed by atoms with van der Waals surface area (Å²) in [6.07, 6.45) is 1.58. The van der Waals surface area contributed by atoms with Gasteiger partial charge in [0.15, 0.2) is 0 Å². The Morgan fingerprint density at radius 3 is 2.82 bits per heavy atom. The first-order valence-corrected chi connectivity index (χ1v) is 3.48. The summed E-state index contributed by atoms with van der Waals surface area (Å²) in [4.78, 5) is 16.2. The Labute approximate surface area is 66.9 Å². The van der Waals surface area contributed by atoms with E-state index in [1.165, 1.54) is 0 Å². The zero-order valence-corrected chi connectivity index (χ0v) is 7.20. The Hall–Kier alpha value is -1.06. The van der Waals surface area contributed by atoms with Gasteiger partial charge >= 0.3 is 5.97 Å². The molecule has 0 N–H and O–H groups in total. The maximum atomic E-state index is 10.8. The first-order chi connectivity index (χ1) is 5.20. The van der Waals surface area contributed by atoms with Gasteiger partial charge in [-0.25, -0.2) is 0 Å². The summed E-state index contributed by atoms with van der Waals surface area (Å²) in [6, 6.07) is 0. The van der Waals surface area contributed by atoms with Gasteiger partial charge in [0.25, 0.3) is 0 Å². The molecule has 0 aromatic carbocycles. The smallest absolute Gasteiger partial charge is 0.325 e. The molecule has 0 spiro atoms. The molecule has 11 heavy (non-hydrogen) atoms. The van der Waals surface area contributed by atoms with Crippen molar-refractivity contribution in [2.45, 2.75) is 6.92 Å². The number of hydrogen-bond acceptors (Lipinski definition) is 3. The van der Waals surface area contributed by atoms with Gasteiger partial charge in [-0.15, -0.1) is 0 Å². The van der Waals surface area contributed by atoms with Gasteiger partial charge in [0.1, 0.15) is 6.54 Å². The summed E-state index contributed by atoms with van der Waals surface area (Å²) in [5, 5.41) is 0. The zero-order valence-electron chi connectivity index (χ0n) is 7.20. The number of esters is 1. The van der Waals surface area contributed by atoms with Crippen molar-refractivity contribution in [2.24, 2.45) is 4.99 Å². The summed E-state index contributed by atoms with van der Waals surface area (Å²) < 4.78 is 4.72. The molecule has 0 atom stereocenters. The third kappa shape index (κ3) is 5.39. The summed E-state index contributed by atoms with van der Waals surface area (Å²) in [5.41, 5.74) is 0. The van der Waals surface area contributed by atoms with Crippen LogP contribution >= 0.6 is 0 Å². The van der Waals surface area contributed by atoms with Crippen molar-refractivity contribution in [2.75, 3.05) is 27.2 Å². The Kier molecular flexibility index (Phi) is 5.15. The molecular formula is C7H14N2O2. The predicted octanol–water partition coefficient (Wildman–Crippen LogP) is 0.139. The summed E-state index contributed by atoms with van der Waals surface area (Å²) in [7, 11) is 3.42. The average molecular weight is 158 g/mol. The number of nitrogens with zero attached hydrogens (tertiary/aromatic N) is 2. The van der Waals surface area contributed by atoms with Crippen LogP contribution in [0, 0.1) is 0 Å². The number of ether oxygens (including phenoxy) is 1. The Morgan fingerprint density at radius 1 is 1.73 bits per heavy atom. The van der Waals surface area contributed by atoms with Gasteiger partial charge in [0, 0.05) is 14.1 Å². The lowest BCUT2D eigenvalue weighted by Gasteiger charge is -2.10. The molecule has 0 aromatic rings. The van der Waals surface area contributed by atoms with Crippen LogP contribution in [0.15, 0.2) is 4.99 Å². The molecule has 0 radical (unpaired) electrons. The van der Waals surface area contributed by atoms with Gasteiger partial charge in [-0.05, 0) is 6.92 Å². The molecule has 0 rings (SSSR count). The molecule has 0 unspecified atom stereocenters. The number of rotatable bonds is 4. The van der Waals surface area contributed by atoms with Crippen molar-refractivity contribution in [3.8, 4) is 0 Å². The number of hydrogen-bond donors (Lipinski definition) is 0. The third-order valence-corrected chi connectivity index (χ3v) is 0.996. The van der Waals surface area contributed by atoms with Gasteiger partial charge in [-0.1, -0.05) is 0 Å². The summed E-state index contributed by atoms with van der Waals surface area (Å²) in [5.74, 6) is -0.227. The quantitative estimate of drug-likeness (QED) is 0.332. The van der Waals surface area contributed by atoms with E-state index in [4.69, 9.17) is 4.74 Å². The summed E-state index contributed by atoms with van der Waals surface area (Å²) >= 11 is 0. The summed E-state index contributed by atoms with van der Waals surface area (Å²) in [6.45, 7) is 2.47.